The Bertz CT molecular complexity index is 1920. The van der Waals surface area contributed by atoms with Crippen LogP contribution in [-0.2, 0) is 13.4 Å². The quantitative estimate of drug-likeness (QED) is 0.187. The van der Waals surface area contributed by atoms with Crippen molar-refractivity contribution in [2.75, 3.05) is 0 Å². The van der Waals surface area contributed by atoms with E-state index in [1.165, 1.54) is 0 Å². The standard InChI is InChI=1S/C33H33N2O/c1-20-14-15-26-27-16-24(23-12-10-9-11-13-23)17-28(34-7)31(27)36-32(26)30(20)29-18-25(19-33(4,5)6)21(2)22(3)35(29)8/h9-18H,19H2,1-6,8H3/q+1/i2D3,18D,19D2. The molecule has 2 heterocycles. The molecule has 3 aromatic carbocycles. The van der Waals surface area contributed by atoms with Gasteiger partial charge in [0.2, 0.25) is 11.4 Å². The minimum absolute atomic E-state index is 0.138. The lowest BCUT2D eigenvalue weighted by molar-refractivity contribution is -0.667. The summed E-state index contributed by atoms with van der Waals surface area (Å²) in [6, 6.07) is 17.3. The summed E-state index contributed by atoms with van der Waals surface area (Å²) >= 11 is 0. The summed E-state index contributed by atoms with van der Waals surface area (Å²) in [6.07, 6.45) is -2.14. The number of benzene rings is 3. The maximum atomic E-state index is 9.41. The van der Waals surface area contributed by atoms with E-state index in [9.17, 15) is 1.37 Å². The molecule has 3 nitrogen and oxygen atoms in total. The fourth-order valence-electron chi connectivity index (χ4n) is 4.68. The van der Waals surface area contributed by atoms with Crippen LogP contribution in [0.15, 0.2) is 65.1 Å². The summed E-state index contributed by atoms with van der Waals surface area (Å²) in [6.45, 7) is 13.9. The van der Waals surface area contributed by atoms with Gasteiger partial charge in [-0.2, -0.15) is 4.57 Å². The molecule has 5 rings (SSSR count). The number of hydrogen-bond donors (Lipinski definition) is 0. The first-order valence-corrected chi connectivity index (χ1v) is 12.0. The molecule has 2 aromatic heterocycles. The van der Waals surface area contributed by atoms with Crippen LogP contribution in [0.5, 0.6) is 0 Å². The molecule has 0 saturated heterocycles. The van der Waals surface area contributed by atoms with Gasteiger partial charge in [-0.05, 0) is 60.0 Å². The first-order chi connectivity index (χ1) is 19.5. The maximum Gasteiger partial charge on any atom is 0.230 e. The first kappa shape index (κ1) is 17.5. The molecule has 0 unspecified atom stereocenters. The number of aromatic nitrogens is 1. The van der Waals surface area contributed by atoms with Gasteiger partial charge in [0.15, 0.2) is 5.69 Å². The Morgan fingerprint density at radius 3 is 2.44 bits per heavy atom. The van der Waals surface area contributed by atoms with Gasteiger partial charge in [0.1, 0.15) is 18.2 Å². The SMILES string of the molecule is [2H]c1c(C([2H])([2H])C(C)(C)C)c(C([2H])([2H])[2H])c(C)[n+](C)c1-c1c(C)ccc2c1oc1c([N+]#[C-])cc(-c3ccccc3)cc12. The predicted molar refractivity (Wildman–Crippen MR) is 149 cm³/mol. The summed E-state index contributed by atoms with van der Waals surface area (Å²) in [5.74, 6) is 0. The average molecular weight is 480 g/mol. The van der Waals surface area contributed by atoms with E-state index < -0.39 is 18.6 Å². The molecule has 0 bridgehead atoms. The molecule has 3 heteroatoms. The highest BCUT2D eigenvalue weighted by Gasteiger charge is 2.26. The van der Waals surface area contributed by atoms with E-state index in [0.717, 1.165) is 27.5 Å². The van der Waals surface area contributed by atoms with Gasteiger partial charge >= 0.3 is 0 Å². The number of nitrogens with zero attached hydrogens (tertiary/aromatic N) is 2. The van der Waals surface area contributed by atoms with Crippen LogP contribution in [-0.4, -0.2) is 0 Å². The fourth-order valence-corrected chi connectivity index (χ4v) is 4.68. The summed E-state index contributed by atoms with van der Waals surface area (Å²) in [5, 5.41) is 1.51. The van der Waals surface area contributed by atoms with Crippen molar-refractivity contribution in [3.63, 3.8) is 0 Å². The second-order valence-corrected chi connectivity index (χ2v) is 10.3. The normalized spacial score (nSPS) is 15.0. The molecule has 0 N–H and O–H groups in total. The maximum absolute atomic E-state index is 9.41. The molecule has 0 aliphatic rings. The second kappa shape index (κ2) is 8.64. The van der Waals surface area contributed by atoms with E-state index in [4.69, 9.17) is 17.8 Å². The highest BCUT2D eigenvalue weighted by molar-refractivity contribution is 6.14. The second-order valence-electron chi connectivity index (χ2n) is 10.3. The summed E-state index contributed by atoms with van der Waals surface area (Å²) in [4.78, 5) is 3.77. The number of pyridine rings is 1. The first-order valence-electron chi connectivity index (χ1n) is 15.0. The van der Waals surface area contributed by atoms with E-state index in [-0.39, 0.29) is 17.2 Å². The Kier molecular flexibility index (Phi) is 4.21. The van der Waals surface area contributed by atoms with Crippen molar-refractivity contribution < 1.29 is 17.2 Å². The van der Waals surface area contributed by atoms with Crippen LogP contribution in [0, 0.1) is 32.7 Å². The Balaban J connectivity index is 1.94. The van der Waals surface area contributed by atoms with Crippen molar-refractivity contribution in [1.29, 1.82) is 0 Å². The number of fused-ring (bicyclic) bond motifs is 3. The molecule has 0 aliphatic heterocycles. The Morgan fingerprint density at radius 2 is 1.78 bits per heavy atom. The zero-order valence-corrected chi connectivity index (χ0v) is 21.5. The molecule has 180 valence electrons. The summed E-state index contributed by atoms with van der Waals surface area (Å²) in [5.41, 5.74) is 3.89. The van der Waals surface area contributed by atoms with Gasteiger partial charge in [0.25, 0.3) is 0 Å². The van der Waals surface area contributed by atoms with Crippen molar-refractivity contribution in [2.24, 2.45) is 12.5 Å². The molecule has 0 saturated carbocycles. The van der Waals surface area contributed by atoms with E-state index in [2.05, 4.69) is 4.85 Å². The molecular weight excluding hydrogens is 440 g/mol. The minimum atomic E-state index is -2.64. The van der Waals surface area contributed by atoms with Crippen molar-refractivity contribution >= 4 is 27.6 Å². The number of hydrogen-bond acceptors (Lipinski definition) is 1. The molecule has 0 spiro atoms. The third-order valence-electron chi connectivity index (χ3n) is 6.59. The number of aryl methyl sites for hydroxylation is 1. The Labute approximate surface area is 222 Å². The zero-order chi connectivity index (χ0) is 30.9. The average Bonchev–Trinajstić information content (AvgIpc) is 3.28. The van der Waals surface area contributed by atoms with Crippen LogP contribution in [0.1, 0.15) is 51.4 Å². The molecule has 0 aliphatic carbocycles. The van der Waals surface area contributed by atoms with Gasteiger partial charge in [-0.1, -0.05) is 63.2 Å². The highest BCUT2D eigenvalue weighted by atomic mass is 16.3. The van der Waals surface area contributed by atoms with Gasteiger partial charge in [-0.25, -0.2) is 4.85 Å². The topological polar surface area (TPSA) is 21.4 Å². The van der Waals surface area contributed by atoms with E-state index in [1.807, 2.05) is 55.5 Å². The lowest BCUT2D eigenvalue weighted by Gasteiger charge is -2.20. The van der Waals surface area contributed by atoms with Crippen molar-refractivity contribution in [3.05, 3.63) is 94.4 Å². The van der Waals surface area contributed by atoms with Crippen LogP contribution in [0.4, 0.5) is 5.69 Å². The van der Waals surface area contributed by atoms with E-state index in [0.29, 0.717) is 33.8 Å². The number of rotatable bonds is 3. The van der Waals surface area contributed by atoms with Gasteiger partial charge in [0.05, 0.1) is 13.5 Å². The molecule has 5 aromatic rings. The minimum Gasteiger partial charge on any atom is -0.466 e. The highest BCUT2D eigenvalue weighted by Crippen LogP contribution is 2.43. The lowest BCUT2D eigenvalue weighted by Crippen LogP contribution is -2.36. The van der Waals surface area contributed by atoms with E-state index >= 15 is 0 Å². The van der Waals surface area contributed by atoms with Crippen LogP contribution in [0.25, 0.3) is 49.2 Å². The van der Waals surface area contributed by atoms with Gasteiger partial charge < -0.3 is 4.42 Å². The van der Waals surface area contributed by atoms with Crippen molar-refractivity contribution in [3.8, 4) is 22.4 Å². The smallest absolute Gasteiger partial charge is 0.230 e. The molecule has 0 radical (unpaired) electrons. The summed E-state index contributed by atoms with van der Waals surface area (Å²) < 4.78 is 60.7. The van der Waals surface area contributed by atoms with Gasteiger partial charge in [0, 0.05) is 36.2 Å². The number of furan rings is 1. The van der Waals surface area contributed by atoms with Crippen LogP contribution >= 0.6 is 0 Å². The monoisotopic (exact) mass is 479 g/mol. The molecule has 0 amide bonds. The van der Waals surface area contributed by atoms with Crippen LogP contribution < -0.4 is 4.57 Å². The molecule has 0 atom stereocenters. The molecule has 0 fully saturated rings. The largest absolute Gasteiger partial charge is 0.466 e. The van der Waals surface area contributed by atoms with E-state index in [1.54, 1.807) is 45.4 Å². The Morgan fingerprint density at radius 1 is 1.03 bits per heavy atom. The van der Waals surface area contributed by atoms with Crippen molar-refractivity contribution in [2.45, 2.75) is 47.8 Å². The molecule has 36 heavy (non-hydrogen) atoms. The van der Waals surface area contributed by atoms with Crippen LogP contribution in [0.3, 0.4) is 0 Å². The zero-order valence-electron chi connectivity index (χ0n) is 27.5. The third kappa shape index (κ3) is 3.97. The third-order valence-corrected chi connectivity index (χ3v) is 6.59. The predicted octanol–water partition coefficient (Wildman–Crippen LogP) is 8.81. The summed E-state index contributed by atoms with van der Waals surface area (Å²) in [7, 11) is 1.70. The van der Waals surface area contributed by atoms with Crippen molar-refractivity contribution in [1.82, 2.24) is 0 Å². The van der Waals surface area contributed by atoms with Gasteiger partial charge in [-0.15, -0.1) is 0 Å². The van der Waals surface area contributed by atoms with Crippen LogP contribution in [0.2, 0.25) is 0 Å². The Hall–Kier alpha value is -3.90. The fraction of sp³-hybridized carbons (Fsp3) is 0.273. The lowest BCUT2D eigenvalue weighted by atomic mass is 9.85. The molecular formula is C33H33N2O+. The van der Waals surface area contributed by atoms with Gasteiger partial charge in [-0.3, -0.25) is 0 Å².